The van der Waals surface area contributed by atoms with E-state index in [2.05, 4.69) is 10.6 Å². The van der Waals surface area contributed by atoms with Crippen LogP contribution < -0.4 is 16.0 Å². The molecule has 5 atom stereocenters. The highest BCUT2D eigenvalue weighted by molar-refractivity contribution is 5.92. The highest BCUT2D eigenvalue weighted by Crippen LogP contribution is 2.37. The van der Waals surface area contributed by atoms with Gasteiger partial charge in [-0.25, -0.2) is 13.6 Å². The predicted octanol–water partition coefficient (Wildman–Crippen LogP) is 2.40. The number of amides is 4. The molecule has 1 aliphatic heterocycles. The van der Waals surface area contributed by atoms with Crippen molar-refractivity contribution < 1.29 is 51.3 Å². The summed E-state index contributed by atoms with van der Waals surface area (Å²) in [5.74, 6) is -8.24. The smallest absolute Gasteiger partial charge is 0.405 e. The van der Waals surface area contributed by atoms with Crippen LogP contribution in [0.2, 0.25) is 0 Å². The summed E-state index contributed by atoms with van der Waals surface area (Å²) >= 11 is 0. The predicted molar refractivity (Wildman–Crippen MR) is 128 cm³/mol. The molecule has 0 radical (unpaired) electrons. The Balaban J connectivity index is 2.35. The molecule has 1 aliphatic carbocycles. The van der Waals surface area contributed by atoms with Gasteiger partial charge in [0, 0.05) is 19.0 Å². The van der Waals surface area contributed by atoms with Crippen LogP contribution in [-0.4, -0.2) is 87.8 Å². The molecule has 15 heteroatoms. The highest BCUT2D eigenvalue weighted by Gasteiger charge is 2.49. The molecule has 224 valence electrons. The topological polar surface area (TPSA) is 148 Å². The third-order valence-electron chi connectivity index (χ3n) is 6.83. The van der Waals surface area contributed by atoms with Gasteiger partial charge in [0.2, 0.25) is 17.7 Å². The molecule has 0 bridgehead atoms. The number of nitrogens with zero attached hydrogens (tertiary/aromatic N) is 1. The summed E-state index contributed by atoms with van der Waals surface area (Å²) in [7, 11) is 0. The zero-order valence-electron chi connectivity index (χ0n) is 22.3. The van der Waals surface area contributed by atoms with Gasteiger partial charge in [-0.2, -0.15) is 13.2 Å². The zero-order chi connectivity index (χ0) is 29.9. The van der Waals surface area contributed by atoms with E-state index in [1.807, 2.05) is 5.32 Å². The van der Waals surface area contributed by atoms with Gasteiger partial charge in [0.1, 0.15) is 12.1 Å². The Hall–Kier alpha value is -2.71. The number of carboxylic acid groups (broad SMARTS) is 1. The van der Waals surface area contributed by atoms with Crippen LogP contribution >= 0.6 is 0 Å². The summed E-state index contributed by atoms with van der Waals surface area (Å²) in [5, 5.41) is 26.5. The number of halogens is 5. The number of carbonyl (C=O) groups excluding carboxylic acids is 3. The van der Waals surface area contributed by atoms with Crippen LogP contribution in [0, 0.1) is 11.3 Å². The molecule has 0 aromatic heterocycles. The van der Waals surface area contributed by atoms with E-state index in [0.717, 1.165) is 4.90 Å². The van der Waals surface area contributed by atoms with Crippen molar-refractivity contribution in [2.24, 2.45) is 11.3 Å². The van der Waals surface area contributed by atoms with Crippen LogP contribution in [0.5, 0.6) is 0 Å². The number of piperidine rings is 1. The molecule has 10 nitrogen and oxygen atoms in total. The molecule has 1 heterocycles. The number of carbonyl (C=O) groups is 4. The minimum absolute atomic E-state index is 0.203. The fourth-order valence-corrected chi connectivity index (χ4v) is 4.41. The third-order valence-corrected chi connectivity index (χ3v) is 6.83. The van der Waals surface area contributed by atoms with Crippen LogP contribution in [0.3, 0.4) is 0 Å². The SMILES string of the molecule is CC(F)(F)CCC(NC(=O)[C@@H]1C[C@H](C(F)(F)F)CCN1C(=O)C(NC(=O)O)C(C)(C)C)C(O)C(=O)NC1CC1. The van der Waals surface area contributed by atoms with Crippen molar-refractivity contribution in [1.29, 1.82) is 0 Å². The summed E-state index contributed by atoms with van der Waals surface area (Å²) in [4.78, 5) is 51.3. The Morgan fingerprint density at radius 3 is 2.03 bits per heavy atom. The molecular weight excluding hydrogens is 535 g/mol. The summed E-state index contributed by atoms with van der Waals surface area (Å²) in [6.07, 6.45) is -9.77. The number of aliphatic hydroxyl groups is 1. The highest BCUT2D eigenvalue weighted by atomic mass is 19.4. The lowest BCUT2D eigenvalue weighted by atomic mass is 9.83. The van der Waals surface area contributed by atoms with E-state index < -0.39 is 104 Å². The monoisotopic (exact) mass is 572 g/mol. The van der Waals surface area contributed by atoms with Crippen molar-refractivity contribution in [3.63, 3.8) is 0 Å². The second-order valence-electron chi connectivity index (χ2n) is 11.5. The fraction of sp³-hybridized carbons (Fsp3) is 0.833. The van der Waals surface area contributed by atoms with Gasteiger partial charge in [-0.3, -0.25) is 14.4 Å². The minimum Gasteiger partial charge on any atom is -0.465 e. The lowest BCUT2D eigenvalue weighted by molar-refractivity contribution is -0.193. The Morgan fingerprint density at radius 2 is 1.56 bits per heavy atom. The van der Waals surface area contributed by atoms with Crippen LogP contribution in [0.15, 0.2) is 0 Å². The van der Waals surface area contributed by atoms with E-state index >= 15 is 0 Å². The van der Waals surface area contributed by atoms with Crippen LogP contribution in [0.1, 0.15) is 66.2 Å². The Labute approximate surface area is 223 Å². The van der Waals surface area contributed by atoms with Gasteiger partial charge in [-0.05, 0) is 44.4 Å². The molecule has 0 aromatic carbocycles. The second-order valence-corrected chi connectivity index (χ2v) is 11.5. The quantitative estimate of drug-likeness (QED) is 0.254. The maximum absolute atomic E-state index is 13.6. The second kappa shape index (κ2) is 12.2. The van der Waals surface area contributed by atoms with Crippen molar-refractivity contribution in [1.82, 2.24) is 20.9 Å². The number of nitrogens with one attached hydrogen (secondary N) is 3. The van der Waals surface area contributed by atoms with Crippen molar-refractivity contribution in [2.45, 2.75) is 109 Å². The average molecular weight is 573 g/mol. The van der Waals surface area contributed by atoms with Crippen molar-refractivity contribution in [3.8, 4) is 0 Å². The van der Waals surface area contributed by atoms with Crippen molar-refractivity contribution >= 4 is 23.8 Å². The van der Waals surface area contributed by atoms with Gasteiger partial charge >= 0.3 is 12.3 Å². The van der Waals surface area contributed by atoms with Crippen LogP contribution in [-0.2, 0) is 14.4 Å². The van der Waals surface area contributed by atoms with E-state index in [9.17, 15) is 51.3 Å². The third kappa shape index (κ3) is 9.76. The van der Waals surface area contributed by atoms with E-state index in [0.29, 0.717) is 19.8 Å². The van der Waals surface area contributed by atoms with Gasteiger partial charge in [0.25, 0.3) is 5.91 Å². The Kier molecular flexibility index (Phi) is 10.2. The molecule has 2 fully saturated rings. The molecule has 2 aliphatic rings. The maximum atomic E-state index is 13.6. The number of aliphatic hydroxyl groups excluding tert-OH is 1. The van der Waals surface area contributed by atoms with E-state index in [1.165, 1.54) is 20.8 Å². The average Bonchev–Trinajstić information content (AvgIpc) is 3.60. The van der Waals surface area contributed by atoms with E-state index in [1.54, 1.807) is 0 Å². The first-order valence-electron chi connectivity index (χ1n) is 12.7. The van der Waals surface area contributed by atoms with E-state index in [-0.39, 0.29) is 6.04 Å². The summed E-state index contributed by atoms with van der Waals surface area (Å²) in [5.41, 5.74) is -1.02. The summed E-state index contributed by atoms with van der Waals surface area (Å²) in [6, 6.07) is -4.97. The molecule has 39 heavy (non-hydrogen) atoms. The Bertz CT molecular complexity index is 916. The largest absolute Gasteiger partial charge is 0.465 e. The number of likely N-dealkylation sites (tertiary alicyclic amines) is 1. The molecule has 3 unspecified atom stereocenters. The number of hydrogen-bond donors (Lipinski definition) is 5. The molecule has 0 spiro atoms. The first-order chi connectivity index (χ1) is 17.7. The normalized spacial score (nSPS) is 22.9. The Morgan fingerprint density at radius 1 is 0.974 bits per heavy atom. The summed E-state index contributed by atoms with van der Waals surface area (Å²) < 4.78 is 68.0. The number of hydrogen-bond acceptors (Lipinski definition) is 5. The van der Waals surface area contributed by atoms with Crippen LogP contribution in [0.25, 0.3) is 0 Å². The molecule has 2 rings (SSSR count). The van der Waals surface area contributed by atoms with Gasteiger partial charge in [-0.1, -0.05) is 20.8 Å². The van der Waals surface area contributed by atoms with Gasteiger partial charge in [0.15, 0.2) is 6.10 Å². The molecule has 0 aromatic rings. The fourth-order valence-electron chi connectivity index (χ4n) is 4.41. The van der Waals surface area contributed by atoms with E-state index in [4.69, 9.17) is 0 Å². The minimum atomic E-state index is -4.70. The lowest BCUT2D eigenvalue weighted by Crippen LogP contribution is -2.63. The maximum Gasteiger partial charge on any atom is 0.405 e. The zero-order valence-corrected chi connectivity index (χ0v) is 22.3. The molecule has 4 amide bonds. The van der Waals surface area contributed by atoms with Gasteiger partial charge in [-0.15, -0.1) is 0 Å². The molecule has 1 saturated heterocycles. The standard InChI is InChI=1S/C24H37F5N4O6/c1-22(2,3)17(32-21(38)39)20(37)33-10-8-12(24(27,28)29)11-15(33)18(35)31-14(7-9-23(4,25)26)16(34)19(36)30-13-5-6-13/h12-17,32,34H,5-11H2,1-4H3,(H,30,36)(H,31,35)(H,38,39)/t12-,14?,15+,16?,17?/m1/s1. The molecule has 5 N–H and O–H groups in total. The van der Waals surface area contributed by atoms with Crippen molar-refractivity contribution in [2.75, 3.05) is 6.54 Å². The van der Waals surface area contributed by atoms with Gasteiger partial charge in [0.05, 0.1) is 12.0 Å². The van der Waals surface area contributed by atoms with Crippen LogP contribution in [0.4, 0.5) is 26.7 Å². The first-order valence-corrected chi connectivity index (χ1v) is 12.7. The first kappa shape index (κ1) is 32.5. The molecular formula is C24H37F5N4O6. The van der Waals surface area contributed by atoms with Crippen molar-refractivity contribution in [3.05, 3.63) is 0 Å². The molecule has 1 saturated carbocycles. The summed E-state index contributed by atoms with van der Waals surface area (Å²) in [6.45, 7) is 4.65. The number of rotatable bonds is 10. The van der Waals surface area contributed by atoms with Gasteiger partial charge < -0.3 is 31.1 Å². The number of alkyl halides is 5. The lowest BCUT2D eigenvalue weighted by Gasteiger charge is -2.43.